The summed E-state index contributed by atoms with van der Waals surface area (Å²) in [4.78, 5) is 17.0. The molecule has 0 fully saturated rings. The van der Waals surface area contributed by atoms with Crippen LogP contribution in [0.2, 0.25) is 5.02 Å². The molecule has 39 heavy (non-hydrogen) atoms. The minimum absolute atomic E-state index is 0.106. The van der Waals surface area contributed by atoms with Gasteiger partial charge in [0.15, 0.2) is 5.69 Å². The minimum Gasteiger partial charge on any atom is -0.489 e. The number of aromatic amines is 2. The fourth-order valence-electron chi connectivity index (χ4n) is 3.95. The Morgan fingerprint density at radius 1 is 1.13 bits per heavy atom. The summed E-state index contributed by atoms with van der Waals surface area (Å²) in [7, 11) is 0. The Labute approximate surface area is 222 Å². The van der Waals surface area contributed by atoms with Crippen LogP contribution >= 0.6 is 11.6 Å². The molecule has 1 unspecified atom stereocenters. The molecule has 0 saturated heterocycles. The molecule has 2 heterocycles. The number of ether oxygens (including phenoxy) is 1. The molecule has 0 radical (unpaired) electrons. The molecule has 2 aromatic heterocycles. The number of carboxylic acid groups (broad SMARTS) is 1. The van der Waals surface area contributed by atoms with Crippen molar-refractivity contribution >= 4 is 17.6 Å². The third-order valence-electron chi connectivity index (χ3n) is 5.84. The van der Waals surface area contributed by atoms with Crippen LogP contribution in [0.15, 0.2) is 42.5 Å². The fraction of sp³-hybridized carbons (Fsp3) is 0.292. The van der Waals surface area contributed by atoms with Crippen LogP contribution in [0.4, 0.5) is 22.0 Å². The number of benzene rings is 2. The van der Waals surface area contributed by atoms with Gasteiger partial charge < -0.3 is 14.8 Å². The van der Waals surface area contributed by atoms with Gasteiger partial charge in [0.1, 0.15) is 23.9 Å². The Morgan fingerprint density at radius 2 is 1.85 bits per heavy atom. The van der Waals surface area contributed by atoms with E-state index in [1.807, 2.05) is 4.98 Å². The number of aromatic carboxylic acids is 1. The zero-order valence-corrected chi connectivity index (χ0v) is 20.8. The molecule has 3 N–H and O–H groups in total. The number of carboxylic acids is 1. The van der Waals surface area contributed by atoms with Gasteiger partial charge in [-0.25, -0.2) is 9.78 Å². The summed E-state index contributed by atoms with van der Waals surface area (Å²) in [5.74, 6) is -7.77. The van der Waals surface area contributed by atoms with Gasteiger partial charge in [-0.05, 0) is 41.5 Å². The van der Waals surface area contributed by atoms with Crippen LogP contribution in [0, 0.1) is 0 Å². The number of rotatable bonds is 10. The first-order valence-electron chi connectivity index (χ1n) is 11.5. The highest BCUT2D eigenvalue weighted by Crippen LogP contribution is 2.45. The highest BCUT2D eigenvalue weighted by atomic mass is 35.5. The lowest BCUT2D eigenvalue weighted by Gasteiger charge is -2.19. The molecule has 4 rings (SSSR count). The first kappa shape index (κ1) is 28.0. The Kier molecular flexibility index (Phi) is 7.86. The number of hydrogen-bond acceptors (Lipinski definition) is 6. The maximum absolute atomic E-state index is 14.1. The number of alkyl halides is 5. The monoisotopic (exact) mass is 570 g/mol. The van der Waals surface area contributed by atoms with E-state index in [-0.39, 0.29) is 12.4 Å². The average Bonchev–Trinajstić information content (AvgIpc) is 3.57. The lowest BCUT2D eigenvalue weighted by atomic mass is 9.94. The molecule has 2 aromatic carbocycles. The number of aromatic nitrogens is 6. The molecule has 0 saturated carbocycles. The van der Waals surface area contributed by atoms with Crippen molar-refractivity contribution in [3.05, 3.63) is 75.8 Å². The van der Waals surface area contributed by atoms with Crippen molar-refractivity contribution in [3.63, 3.8) is 0 Å². The van der Waals surface area contributed by atoms with Gasteiger partial charge in [0.05, 0.1) is 0 Å². The third-order valence-corrected chi connectivity index (χ3v) is 6.07. The van der Waals surface area contributed by atoms with Crippen LogP contribution in [0.5, 0.6) is 5.75 Å². The standard InChI is InChI=1S/C24H20ClF5N6O3/c1-2-3-16(20-31-18(22(37)38)19(32-20)23(26,27)24(28,29)30)12-5-8-15(9-6-12)39-11-13-4-7-14(25)10-17(13)21-33-35-36-34-21/h4-10,16H,2-3,11H2,1H3,(H,31,32)(H,37,38)(H,33,34,35,36). The van der Waals surface area contributed by atoms with Crippen LogP contribution < -0.4 is 4.74 Å². The van der Waals surface area contributed by atoms with E-state index < -0.39 is 35.4 Å². The summed E-state index contributed by atoms with van der Waals surface area (Å²) in [6.45, 7) is 1.89. The van der Waals surface area contributed by atoms with Gasteiger partial charge >= 0.3 is 18.1 Å². The zero-order valence-electron chi connectivity index (χ0n) is 20.1. The van der Waals surface area contributed by atoms with Gasteiger partial charge in [-0.1, -0.05) is 43.1 Å². The molecule has 1 atom stereocenters. The molecular weight excluding hydrogens is 551 g/mol. The molecule has 15 heteroatoms. The van der Waals surface area contributed by atoms with E-state index >= 15 is 0 Å². The van der Waals surface area contributed by atoms with Crippen molar-refractivity contribution < 1.29 is 36.6 Å². The lowest BCUT2D eigenvalue weighted by molar-refractivity contribution is -0.291. The van der Waals surface area contributed by atoms with Gasteiger partial charge in [-0.15, -0.1) is 10.2 Å². The van der Waals surface area contributed by atoms with Crippen LogP contribution in [0.25, 0.3) is 11.4 Å². The zero-order chi connectivity index (χ0) is 28.4. The second kappa shape index (κ2) is 11.0. The molecular formula is C24H20ClF5N6O3. The summed E-state index contributed by atoms with van der Waals surface area (Å²) in [6.07, 6.45) is -5.21. The molecule has 206 valence electrons. The third kappa shape index (κ3) is 5.85. The highest BCUT2D eigenvalue weighted by Gasteiger charge is 2.61. The van der Waals surface area contributed by atoms with Crippen molar-refractivity contribution in [2.45, 2.75) is 44.4 Å². The predicted molar refractivity (Wildman–Crippen MR) is 128 cm³/mol. The summed E-state index contributed by atoms with van der Waals surface area (Å²) < 4.78 is 72.9. The van der Waals surface area contributed by atoms with Gasteiger partial charge in [0, 0.05) is 22.1 Å². The van der Waals surface area contributed by atoms with E-state index in [2.05, 4.69) is 25.6 Å². The molecule has 0 aliphatic heterocycles. The van der Waals surface area contributed by atoms with Crippen LogP contribution in [0.3, 0.4) is 0 Å². The molecule has 0 amide bonds. The van der Waals surface area contributed by atoms with Crippen molar-refractivity contribution in [3.8, 4) is 17.1 Å². The SMILES string of the molecule is CCCC(c1ccc(OCc2ccc(Cl)cc2-c2nn[nH]n2)cc1)c1nc(C(=O)O)c(C(F)(F)C(F)(F)F)[nH]1. The van der Waals surface area contributed by atoms with Crippen LogP contribution in [-0.4, -0.2) is 47.8 Å². The second-order valence-electron chi connectivity index (χ2n) is 8.46. The van der Waals surface area contributed by atoms with E-state index in [1.54, 1.807) is 49.4 Å². The number of nitrogens with one attached hydrogen (secondary N) is 2. The van der Waals surface area contributed by atoms with E-state index in [0.717, 1.165) is 0 Å². The smallest absolute Gasteiger partial charge is 0.459 e. The van der Waals surface area contributed by atoms with E-state index in [9.17, 15) is 31.9 Å². The molecule has 9 nitrogen and oxygen atoms in total. The summed E-state index contributed by atoms with van der Waals surface area (Å²) in [6, 6.07) is 11.5. The van der Waals surface area contributed by atoms with Crippen molar-refractivity contribution in [1.29, 1.82) is 0 Å². The van der Waals surface area contributed by atoms with E-state index in [1.165, 1.54) is 0 Å². The van der Waals surface area contributed by atoms with Gasteiger partial charge in [-0.3, -0.25) is 0 Å². The summed E-state index contributed by atoms with van der Waals surface area (Å²) >= 11 is 6.09. The van der Waals surface area contributed by atoms with Gasteiger partial charge in [-0.2, -0.15) is 27.2 Å². The van der Waals surface area contributed by atoms with Crippen molar-refractivity contribution in [2.75, 3.05) is 0 Å². The fourth-order valence-corrected chi connectivity index (χ4v) is 4.12. The van der Waals surface area contributed by atoms with Crippen molar-refractivity contribution in [1.82, 2.24) is 30.6 Å². The lowest BCUT2D eigenvalue weighted by Crippen LogP contribution is -2.35. The average molecular weight is 571 g/mol. The predicted octanol–water partition coefficient (Wildman–Crippen LogP) is 6.11. The Morgan fingerprint density at radius 3 is 2.44 bits per heavy atom. The Balaban J connectivity index is 1.58. The number of hydrogen-bond donors (Lipinski definition) is 3. The highest BCUT2D eigenvalue weighted by molar-refractivity contribution is 6.30. The number of H-pyrrole nitrogens is 2. The van der Waals surface area contributed by atoms with E-state index in [0.29, 0.717) is 46.1 Å². The van der Waals surface area contributed by atoms with Crippen molar-refractivity contribution in [2.24, 2.45) is 0 Å². The molecule has 0 spiro atoms. The minimum atomic E-state index is -6.01. The second-order valence-corrected chi connectivity index (χ2v) is 8.90. The Hall–Kier alpha value is -4.07. The number of nitrogens with zero attached hydrogens (tertiary/aromatic N) is 4. The maximum atomic E-state index is 14.1. The number of imidazole rings is 1. The summed E-state index contributed by atoms with van der Waals surface area (Å²) in [5, 5.41) is 23.5. The quantitative estimate of drug-likeness (QED) is 0.196. The maximum Gasteiger partial charge on any atom is 0.459 e. The Bertz CT molecular complexity index is 1440. The molecule has 0 aliphatic carbocycles. The number of carbonyl (C=O) groups is 1. The first-order valence-corrected chi connectivity index (χ1v) is 11.8. The molecule has 4 aromatic rings. The van der Waals surface area contributed by atoms with Gasteiger partial charge in [0.25, 0.3) is 0 Å². The van der Waals surface area contributed by atoms with Crippen LogP contribution in [-0.2, 0) is 12.5 Å². The summed E-state index contributed by atoms with van der Waals surface area (Å²) in [5.41, 5.74) is -1.36. The topological polar surface area (TPSA) is 130 Å². The normalized spacial score (nSPS) is 12.9. The first-order chi connectivity index (χ1) is 18.4. The number of halogens is 6. The molecule has 0 bridgehead atoms. The van der Waals surface area contributed by atoms with Gasteiger partial charge in [0.2, 0.25) is 5.82 Å². The van der Waals surface area contributed by atoms with E-state index in [4.69, 9.17) is 16.3 Å². The van der Waals surface area contributed by atoms with Crippen LogP contribution in [0.1, 0.15) is 58.8 Å². The number of tetrazole rings is 1. The molecule has 0 aliphatic rings. The largest absolute Gasteiger partial charge is 0.489 e.